The number of benzene rings is 1. The van der Waals surface area contributed by atoms with Crippen molar-refractivity contribution in [2.45, 2.75) is 44.6 Å². The highest BCUT2D eigenvalue weighted by molar-refractivity contribution is 7.89. The van der Waals surface area contributed by atoms with Gasteiger partial charge in [-0.05, 0) is 50.3 Å². The summed E-state index contributed by atoms with van der Waals surface area (Å²) in [5, 5.41) is 0. The van der Waals surface area contributed by atoms with Crippen LogP contribution in [-0.4, -0.2) is 14.5 Å². The number of anilines is 1. The van der Waals surface area contributed by atoms with Gasteiger partial charge in [-0.3, -0.25) is 0 Å². The van der Waals surface area contributed by atoms with Gasteiger partial charge in [0.05, 0.1) is 4.90 Å². The third-order valence-corrected chi connectivity index (χ3v) is 4.94. The number of nitrogens with two attached hydrogens (primary N) is 1. The number of nitrogen functional groups attached to an aromatic ring is 1. The van der Waals surface area contributed by atoms with Crippen LogP contribution in [-0.2, 0) is 10.0 Å². The largest absolute Gasteiger partial charge is 0.398 e. The maximum atomic E-state index is 12.2. The number of rotatable bonds is 3. The minimum absolute atomic E-state index is 0.112. The van der Waals surface area contributed by atoms with Crippen molar-refractivity contribution in [3.05, 3.63) is 22.8 Å². The highest BCUT2D eigenvalue weighted by Crippen LogP contribution is 2.30. The molecule has 3 N–H and O–H groups in total. The molecule has 17 heavy (non-hydrogen) atoms. The Kier molecular flexibility index (Phi) is 2.91. The third kappa shape index (κ3) is 2.30. The summed E-state index contributed by atoms with van der Waals surface area (Å²) < 4.78 is 27.1. The fourth-order valence-electron chi connectivity index (χ4n) is 2.07. The van der Waals surface area contributed by atoms with Crippen LogP contribution in [0.4, 0.5) is 5.69 Å². The van der Waals surface area contributed by atoms with Crippen LogP contribution >= 0.6 is 0 Å². The molecule has 94 valence electrons. The fourth-order valence-corrected chi connectivity index (χ4v) is 3.86. The summed E-state index contributed by atoms with van der Waals surface area (Å²) in [4.78, 5) is 0.340. The van der Waals surface area contributed by atoms with E-state index in [2.05, 4.69) is 4.72 Å². The molecule has 1 aromatic rings. The van der Waals surface area contributed by atoms with E-state index in [9.17, 15) is 8.42 Å². The summed E-state index contributed by atoms with van der Waals surface area (Å²) in [7, 11) is -3.43. The van der Waals surface area contributed by atoms with Gasteiger partial charge in [0.15, 0.2) is 0 Å². The average Bonchev–Trinajstić information content (AvgIpc) is 2.96. The standard InChI is InChI=1S/C12H18N2O2S/c1-7-6-8(2)12(9(3)11(7)13)17(15,16)14-10-4-5-10/h6,10,14H,4-5,13H2,1-3H3. The van der Waals surface area contributed by atoms with Gasteiger partial charge in [-0.15, -0.1) is 0 Å². The number of sulfonamides is 1. The molecule has 0 aliphatic heterocycles. The molecular formula is C12H18N2O2S. The van der Waals surface area contributed by atoms with E-state index in [1.165, 1.54) is 0 Å². The van der Waals surface area contributed by atoms with Crippen LogP contribution < -0.4 is 10.5 Å². The Hall–Kier alpha value is -1.07. The summed E-state index contributed by atoms with van der Waals surface area (Å²) >= 11 is 0. The lowest BCUT2D eigenvalue weighted by Crippen LogP contribution is -2.27. The van der Waals surface area contributed by atoms with Crippen molar-refractivity contribution in [3.63, 3.8) is 0 Å². The second-order valence-electron chi connectivity index (χ2n) is 4.77. The molecule has 2 rings (SSSR count). The normalized spacial score (nSPS) is 16.2. The van der Waals surface area contributed by atoms with Gasteiger partial charge in [0, 0.05) is 11.7 Å². The topological polar surface area (TPSA) is 72.2 Å². The van der Waals surface area contributed by atoms with Gasteiger partial charge in [-0.25, -0.2) is 13.1 Å². The molecule has 1 aliphatic rings. The number of aryl methyl sites for hydroxylation is 2. The summed E-state index contributed by atoms with van der Waals surface area (Å²) in [6.45, 7) is 5.46. The average molecular weight is 254 g/mol. The summed E-state index contributed by atoms with van der Waals surface area (Å²) in [6.07, 6.45) is 1.86. The van der Waals surface area contributed by atoms with Gasteiger partial charge in [0.25, 0.3) is 0 Å². The molecule has 0 amide bonds. The first-order valence-corrected chi connectivity index (χ1v) is 7.20. The van der Waals surface area contributed by atoms with Crippen molar-refractivity contribution in [2.75, 3.05) is 5.73 Å². The summed E-state index contributed by atoms with van der Waals surface area (Å²) in [5.74, 6) is 0. The highest BCUT2D eigenvalue weighted by atomic mass is 32.2. The lowest BCUT2D eigenvalue weighted by molar-refractivity contribution is 0.580. The molecule has 1 fully saturated rings. The molecule has 0 spiro atoms. The number of hydrogen-bond acceptors (Lipinski definition) is 3. The molecular weight excluding hydrogens is 236 g/mol. The molecule has 1 saturated carbocycles. The zero-order chi connectivity index (χ0) is 12.8. The lowest BCUT2D eigenvalue weighted by Gasteiger charge is -2.15. The van der Waals surface area contributed by atoms with Gasteiger partial charge in [-0.1, -0.05) is 6.07 Å². The quantitative estimate of drug-likeness (QED) is 0.805. The van der Waals surface area contributed by atoms with Crippen molar-refractivity contribution in [1.29, 1.82) is 0 Å². The first kappa shape index (κ1) is 12.4. The van der Waals surface area contributed by atoms with Crippen LogP contribution in [0.25, 0.3) is 0 Å². The van der Waals surface area contributed by atoms with Crippen molar-refractivity contribution < 1.29 is 8.42 Å². The first-order chi connectivity index (χ1) is 7.83. The van der Waals surface area contributed by atoms with Crippen LogP contribution in [0.2, 0.25) is 0 Å². The SMILES string of the molecule is Cc1cc(C)c(S(=O)(=O)NC2CC2)c(C)c1N. The molecule has 4 nitrogen and oxygen atoms in total. The Morgan fingerprint density at radius 1 is 1.24 bits per heavy atom. The van der Waals surface area contributed by atoms with Gasteiger partial charge in [0.1, 0.15) is 0 Å². The predicted octanol–water partition coefficient (Wildman–Crippen LogP) is 1.63. The van der Waals surface area contributed by atoms with E-state index in [0.29, 0.717) is 16.1 Å². The van der Waals surface area contributed by atoms with E-state index in [-0.39, 0.29) is 6.04 Å². The Balaban J connectivity index is 2.54. The predicted molar refractivity (Wildman–Crippen MR) is 68.4 cm³/mol. The molecule has 5 heteroatoms. The minimum atomic E-state index is -3.43. The van der Waals surface area contributed by atoms with Gasteiger partial charge in [-0.2, -0.15) is 0 Å². The van der Waals surface area contributed by atoms with Crippen molar-refractivity contribution >= 4 is 15.7 Å². The van der Waals surface area contributed by atoms with E-state index in [1.54, 1.807) is 13.8 Å². The molecule has 1 aromatic carbocycles. The molecule has 0 atom stereocenters. The minimum Gasteiger partial charge on any atom is -0.398 e. The Morgan fingerprint density at radius 2 is 1.82 bits per heavy atom. The van der Waals surface area contributed by atoms with Gasteiger partial charge in [0.2, 0.25) is 10.0 Å². The Labute approximate surface area is 102 Å². The maximum absolute atomic E-state index is 12.2. The van der Waals surface area contributed by atoms with Crippen LogP contribution in [0.1, 0.15) is 29.5 Å². The van der Waals surface area contributed by atoms with Crippen molar-refractivity contribution in [1.82, 2.24) is 4.72 Å². The smallest absolute Gasteiger partial charge is 0.241 e. The zero-order valence-corrected chi connectivity index (χ0v) is 11.2. The van der Waals surface area contributed by atoms with E-state index in [0.717, 1.165) is 24.0 Å². The van der Waals surface area contributed by atoms with Gasteiger partial charge >= 0.3 is 0 Å². The Bertz CT molecular complexity index is 560. The monoisotopic (exact) mass is 254 g/mol. The third-order valence-electron chi connectivity index (χ3n) is 3.13. The molecule has 0 radical (unpaired) electrons. The second-order valence-corrected chi connectivity index (χ2v) is 6.42. The fraction of sp³-hybridized carbons (Fsp3) is 0.500. The molecule has 0 unspecified atom stereocenters. The molecule has 0 aromatic heterocycles. The van der Waals surface area contributed by atoms with Crippen LogP contribution in [0.5, 0.6) is 0 Å². The number of hydrogen-bond donors (Lipinski definition) is 2. The molecule has 0 bridgehead atoms. The van der Waals surface area contributed by atoms with E-state index < -0.39 is 10.0 Å². The molecule has 0 heterocycles. The van der Waals surface area contributed by atoms with Crippen LogP contribution in [0.15, 0.2) is 11.0 Å². The van der Waals surface area contributed by atoms with Crippen LogP contribution in [0, 0.1) is 20.8 Å². The molecule has 1 aliphatic carbocycles. The zero-order valence-electron chi connectivity index (χ0n) is 10.4. The van der Waals surface area contributed by atoms with E-state index >= 15 is 0 Å². The summed E-state index contributed by atoms with van der Waals surface area (Å²) in [5.41, 5.74) is 8.79. The van der Waals surface area contributed by atoms with Gasteiger partial charge < -0.3 is 5.73 Å². The lowest BCUT2D eigenvalue weighted by atomic mass is 10.1. The van der Waals surface area contributed by atoms with E-state index in [4.69, 9.17) is 5.73 Å². The van der Waals surface area contributed by atoms with E-state index in [1.807, 2.05) is 13.0 Å². The summed E-state index contributed by atoms with van der Waals surface area (Å²) in [6, 6.07) is 1.94. The van der Waals surface area contributed by atoms with Crippen molar-refractivity contribution in [3.8, 4) is 0 Å². The second kappa shape index (κ2) is 3.99. The van der Waals surface area contributed by atoms with Crippen molar-refractivity contribution in [2.24, 2.45) is 0 Å². The maximum Gasteiger partial charge on any atom is 0.241 e. The van der Waals surface area contributed by atoms with Crippen LogP contribution in [0.3, 0.4) is 0 Å². The number of nitrogens with one attached hydrogen (secondary N) is 1. The highest BCUT2D eigenvalue weighted by Gasteiger charge is 2.30. The Morgan fingerprint density at radius 3 is 2.35 bits per heavy atom. The molecule has 0 saturated heterocycles. The first-order valence-electron chi connectivity index (χ1n) is 5.71.